The van der Waals surface area contributed by atoms with E-state index in [1.54, 1.807) is 0 Å². The highest BCUT2D eigenvalue weighted by Crippen LogP contribution is 2.41. The third-order valence-electron chi connectivity index (χ3n) is 6.46. The molecule has 0 aliphatic carbocycles. The topological polar surface area (TPSA) is 93.1 Å². The standard InChI is InChI=1S/C24H19F4N3O4/c25-13-2-1-12(16(26)6-13)8-29-23(34)15-9-31-19-10-30(24(35)20(31)22(33)21(15)32)4-3-11-5-17(27)18(28)7-14(11)19/h1-2,5-7,9,19,21,32-33H,3-4,8,10H2,(H,29,34)/t19-,21?/m1/s1. The van der Waals surface area contributed by atoms with Gasteiger partial charge in [-0.15, -0.1) is 0 Å². The van der Waals surface area contributed by atoms with E-state index in [0.29, 0.717) is 17.2 Å². The number of nitrogens with zero attached hydrogens (tertiary/aromatic N) is 2. The first-order chi connectivity index (χ1) is 16.7. The zero-order valence-corrected chi connectivity index (χ0v) is 18.1. The Morgan fingerprint density at radius 1 is 1.09 bits per heavy atom. The maximum absolute atomic E-state index is 14.1. The Morgan fingerprint density at radius 2 is 1.83 bits per heavy atom. The van der Waals surface area contributed by atoms with E-state index in [1.165, 1.54) is 16.0 Å². The lowest BCUT2D eigenvalue weighted by Gasteiger charge is -2.43. The quantitative estimate of drug-likeness (QED) is 0.576. The Morgan fingerprint density at radius 3 is 2.57 bits per heavy atom. The highest BCUT2D eigenvalue weighted by Gasteiger charge is 2.45. The molecule has 1 unspecified atom stereocenters. The normalized spacial score (nSPS) is 21.3. The van der Waals surface area contributed by atoms with Crippen molar-refractivity contribution in [3.8, 4) is 0 Å². The van der Waals surface area contributed by atoms with Crippen LogP contribution in [-0.2, 0) is 22.6 Å². The molecule has 0 spiro atoms. The summed E-state index contributed by atoms with van der Waals surface area (Å²) in [5, 5.41) is 23.7. The lowest BCUT2D eigenvalue weighted by Crippen LogP contribution is -2.51. The molecule has 0 saturated carbocycles. The summed E-state index contributed by atoms with van der Waals surface area (Å²) in [5.74, 6) is -6.01. The minimum atomic E-state index is -1.85. The van der Waals surface area contributed by atoms with Gasteiger partial charge in [0.1, 0.15) is 23.4 Å². The number of carbonyl (C=O) groups is 2. The van der Waals surface area contributed by atoms with Crippen molar-refractivity contribution in [2.24, 2.45) is 0 Å². The van der Waals surface area contributed by atoms with E-state index in [1.807, 2.05) is 0 Å². The molecule has 3 N–H and O–H groups in total. The van der Waals surface area contributed by atoms with Crippen LogP contribution in [0.4, 0.5) is 17.6 Å². The van der Waals surface area contributed by atoms with Crippen LogP contribution in [0.2, 0.25) is 0 Å². The largest absolute Gasteiger partial charge is 0.507 e. The van der Waals surface area contributed by atoms with Gasteiger partial charge in [0.05, 0.1) is 11.6 Å². The van der Waals surface area contributed by atoms with E-state index < -0.39 is 53.0 Å². The first kappa shape index (κ1) is 22.9. The van der Waals surface area contributed by atoms with Gasteiger partial charge in [-0.25, -0.2) is 17.6 Å². The van der Waals surface area contributed by atoms with Crippen LogP contribution in [0.15, 0.2) is 53.6 Å². The molecule has 2 bridgehead atoms. The van der Waals surface area contributed by atoms with Crippen LogP contribution in [0.3, 0.4) is 0 Å². The van der Waals surface area contributed by atoms with Gasteiger partial charge in [0, 0.05) is 37.5 Å². The molecule has 5 rings (SSSR count). The van der Waals surface area contributed by atoms with Crippen LogP contribution in [0.1, 0.15) is 22.7 Å². The molecule has 35 heavy (non-hydrogen) atoms. The van der Waals surface area contributed by atoms with Crippen molar-refractivity contribution in [3.05, 3.63) is 93.5 Å². The number of carbonyl (C=O) groups excluding carboxylic acids is 2. The monoisotopic (exact) mass is 489 g/mol. The van der Waals surface area contributed by atoms with Gasteiger partial charge < -0.3 is 25.3 Å². The van der Waals surface area contributed by atoms with Crippen molar-refractivity contribution >= 4 is 11.8 Å². The molecular weight excluding hydrogens is 470 g/mol. The summed E-state index contributed by atoms with van der Waals surface area (Å²) >= 11 is 0. The molecule has 2 aromatic carbocycles. The maximum Gasteiger partial charge on any atom is 0.274 e. The molecular formula is C24H19F4N3O4. The predicted octanol–water partition coefficient (Wildman–Crippen LogP) is 2.33. The van der Waals surface area contributed by atoms with Gasteiger partial charge in [-0.1, -0.05) is 6.07 Å². The van der Waals surface area contributed by atoms with Crippen LogP contribution in [0.5, 0.6) is 0 Å². The van der Waals surface area contributed by atoms with Crippen molar-refractivity contribution in [1.82, 2.24) is 15.1 Å². The van der Waals surface area contributed by atoms with Gasteiger partial charge in [0.25, 0.3) is 11.8 Å². The second-order valence-electron chi connectivity index (χ2n) is 8.53. The summed E-state index contributed by atoms with van der Waals surface area (Å²) in [6, 6.07) is 4.17. The number of nitrogens with one attached hydrogen (secondary N) is 1. The number of fused-ring (bicyclic) bond motifs is 6. The molecule has 2 atom stereocenters. The van der Waals surface area contributed by atoms with Crippen LogP contribution in [-0.4, -0.2) is 51.0 Å². The van der Waals surface area contributed by atoms with Gasteiger partial charge in [-0.3, -0.25) is 9.59 Å². The number of hydrogen-bond acceptors (Lipinski definition) is 5. The van der Waals surface area contributed by atoms with Gasteiger partial charge in [-0.05, 0) is 35.7 Å². The fraction of sp³-hybridized carbons (Fsp3) is 0.250. The summed E-state index contributed by atoms with van der Waals surface area (Å²) in [7, 11) is 0. The van der Waals surface area contributed by atoms with Gasteiger partial charge in [0.2, 0.25) is 0 Å². The fourth-order valence-electron chi connectivity index (χ4n) is 4.64. The average molecular weight is 489 g/mol. The van der Waals surface area contributed by atoms with Crippen LogP contribution in [0, 0.1) is 23.3 Å². The summed E-state index contributed by atoms with van der Waals surface area (Å²) in [6.07, 6.45) is -0.430. The smallest absolute Gasteiger partial charge is 0.274 e. The van der Waals surface area contributed by atoms with Crippen LogP contribution >= 0.6 is 0 Å². The molecule has 7 nitrogen and oxygen atoms in total. The Labute approximate surface area is 196 Å². The first-order valence-corrected chi connectivity index (χ1v) is 10.8. The minimum Gasteiger partial charge on any atom is -0.507 e. The Kier molecular flexibility index (Phi) is 5.51. The number of halogens is 4. The lowest BCUT2D eigenvalue weighted by atomic mass is 9.93. The molecule has 2 aromatic rings. The number of piperazine rings is 1. The van der Waals surface area contributed by atoms with Crippen molar-refractivity contribution in [2.45, 2.75) is 25.1 Å². The number of amides is 2. The van der Waals surface area contributed by atoms with Gasteiger partial charge in [-0.2, -0.15) is 0 Å². The summed E-state index contributed by atoms with van der Waals surface area (Å²) < 4.78 is 55.0. The van der Waals surface area contributed by atoms with Gasteiger partial charge in [0.15, 0.2) is 17.4 Å². The molecule has 0 radical (unpaired) electrons. The highest BCUT2D eigenvalue weighted by molar-refractivity contribution is 5.99. The van der Waals surface area contributed by atoms with E-state index in [4.69, 9.17) is 0 Å². The summed E-state index contributed by atoms with van der Waals surface area (Å²) in [4.78, 5) is 28.5. The zero-order chi connectivity index (χ0) is 25.0. The second kappa shape index (κ2) is 8.42. The molecule has 0 aromatic heterocycles. The third kappa shape index (κ3) is 3.81. The van der Waals surface area contributed by atoms with E-state index in [0.717, 1.165) is 24.3 Å². The molecule has 3 heterocycles. The molecule has 11 heteroatoms. The lowest BCUT2D eigenvalue weighted by molar-refractivity contribution is -0.133. The Bertz CT molecular complexity index is 1330. The summed E-state index contributed by atoms with van der Waals surface area (Å²) in [5.41, 5.74) is 0.230. The number of aliphatic hydroxyl groups is 2. The van der Waals surface area contributed by atoms with Crippen molar-refractivity contribution in [3.63, 3.8) is 0 Å². The number of rotatable bonds is 3. The third-order valence-corrected chi connectivity index (χ3v) is 6.46. The number of benzene rings is 2. The SMILES string of the molecule is O=C(NCc1ccc(F)cc1F)C1=CN2C(=C(O)C1O)C(=O)N1CCc3cc(F)c(F)cc3[C@H]2C1. The maximum atomic E-state index is 14.1. The predicted molar refractivity (Wildman–Crippen MR) is 113 cm³/mol. The second-order valence-corrected chi connectivity index (χ2v) is 8.53. The van der Waals surface area contributed by atoms with Crippen molar-refractivity contribution in [2.75, 3.05) is 13.1 Å². The van der Waals surface area contributed by atoms with E-state index in [9.17, 15) is 37.4 Å². The summed E-state index contributed by atoms with van der Waals surface area (Å²) in [6.45, 7) is -0.0693. The zero-order valence-electron chi connectivity index (χ0n) is 18.1. The molecule has 1 fully saturated rings. The van der Waals surface area contributed by atoms with E-state index >= 15 is 0 Å². The molecule has 3 aliphatic rings. The number of hydrogen-bond donors (Lipinski definition) is 3. The van der Waals surface area contributed by atoms with Crippen LogP contribution < -0.4 is 5.32 Å². The van der Waals surface area contributed by atoms with E-state index in [-0.39, 0.29) is 42.9 Å². The first-order valence-electron chi connectivity index (χ1n) is 10.8. The Hall–Kier alpha value is -3.86. The average Bonchev–Trinajstić information content (AvgIpc) is 2.97. The molecule has 1 saturated heterocycles. The fourth-order valence-corrected chi connectivity index (χ4v) is 4.64. The molecule has 2 amide bonds. The van der Waals surface area contributed by atoms with E-state index in [2.05, 4.69) is 5.32 Å². The molecule has 182 valence electrons. The van der Waals surface area contributed by atoms with Crippen LogP contribution in [0.25, 0.3) is 0 Å². The molecule has 3 aliphatic heterocycles. The van der Waals surface area contributed by atoms with Crippen molar-refractivity contribution < 1.29 is 37.4 Å². The minimum absolute atomic E-state index is 0.00917. The number of aliphatic hydroxyl groups excluding tert-OH is 2. The van der Waals surface area contributed by atoms with Crippen molar-refractivity contribution in [1.29, 1.82) is 0 Å². The van der Waals surface area contributed by atoms with Gasteiger partial charge >= 0.3 is 0 Å². The highest BCUT2D eigenvalue weighted by atomic mass is 19.2. The Balaban J connectivity index is 1.50.